The Kier molecular flexibility index (Phi) is 8.75. The standard InChI is InChI=1S/C30H33BrN2O2/c1-22-9-7-12-24(17-22)20-29(34)33(21-25-13-8-14-26(31)18-25)28(19-23-10-3-2-4-11-23)30(35)32-27-15-5-6-16-27/h2-4,7-14,17-18,27-28H,5-6,15-16,19-21H2,1H3,(H,32,35). The van der Waals surface area contributed by atoms with Crippen LogP contribution in [0.1, 0.15) is 47.9 Å². The normalized spacial score (nSPS) is 14.5. The number of hydrogen-bond acceptors (Lipinski definition) is 2. The van der Waals surface area contributed by atoms with E-state index in [4.69, 9.17) is 0 Å². The molecule has 182 valence electrons. The third-order valence-electron chi connectivity index (χ3n) is 6.65. The predicted molar refractivity (Wildman–Crippen MR) is 144 cm³/mol. The first kappa shape index (κ1) is 25.2. The molecule has 4 nitrogen and oxygen atoms in total. The topological polar surface area (TPSA) is 49.4 Å². The van der Waals surface area contributed by atoms with Crippen molar-refractivity contribution in [1.82, 2.24) is 10.2 Å². The molecule has 3 aromatic rings. The van der Waals surface area contributed by atoms with E-state index >= 15 is 0 Å². The molecule has 2 amide bonds. The smallest absolute Gasteiger partial charge is 0.243 e. The fraction of sp³-hybridized carbons (Fsp3) is 0.333. The highest BCUT2D eigenvalue weighted by Gasteiger charge is 2.32. The van der Waals surface area contributed by atoms with Gasteiger partial charge < -0.3 is 10.2 Å². The van der Waals surface area contributed by atoms with E-state index in [2.05, 4.69) is 21.2 Å². The highest BCUT2D eigenvalue weighted by Crippen LogP contribution is 2.21. The van der Waals surface area contributed by atoms with E-state index < -0.39 is 6.04 Å². The van der Waals surface area contributed by atoms with Crippen molar-refractivity contribution in [2.45, 2.75) is 64.1 Å². The van der Waals surface area contributed by atoms with Crippen LogP contribution in [-0.4, -0.2) is 28.8 Å². The number of aryl methyl sites for hydroxylation is 1. The van der Waals surface area contributed by atoms with Crippen molar-refractivity contribution < 1.29 is 9.59 Å². The van der Waals surface area contributed by atoms with E-state index in [0.717, 1.165) is 52.4 Å². The van der Waals surface area contributed by atoms with Gasteiger partial charge in [0.1, 0.15) is 6.04 Å². The van der Waals surface area contributed by atoms with Gasteiger partial charge in [-0.05, 0) is 48.6 Å². The molecule has 4 rings (SSSR count). The second kappa shape index (κ2) is 12.2. The molecule has 0 aliphatic heterocycles. The molecular weight excluding hydrogens is 500 g/mol. The van der Waals surface area contributed by atoms with E-state index in [1.54, 1.807) is 4.90 Å². The first-order valence-corrected chi connectivity index (χ1v) is 13.2. The van der Waals surface area contributed by atoms with E-state index in [9.17, 15) is 9.59 Å². The van der Waals surface area contributed by atoms with Crippen molar-refractivity contribution in [3.8, 4) is 0 Å². The molecule has 1 unspecified atom stereocenters. The molecule has 35 heavy (non-hydrogen) atoms. The van der Waals surface area contributed by atoms with Crippen molar-refractivity contribution in [2.24, 2.45) is 0 Å². The van der Waals surface area contributed by atoms with Crippen LogP contribution in [0.15, 0.2) is 83.3 Å². The van der Waals surface area contributed by atoms with Crippen molar-refractivity contribution in [3.05, 3.63) is 106 Å². The summed E-state index contributed by atoms with van der Waals surface area (Å²) in [6.45, 7) is 2.40. The monoisotopic (exact) mass is 532 g/mol. The molecule has 1 atom stereocenters. The molecular formula is C30H33BrN2O2. The van der Waals surface area contributed by atoms with Gasteiger partial charge in [0.15, 0.2) is 0 Å². The Morgan fingerprint density at radius 1 is 0.914 bits per heavy atom. The van der Waals surface area contributed by atoms with Crippen LogP contribution in [0.25, 0.3) is 0 Å². The Labute approximate surface area is 216 Å². The highest BCUT2D eigenvalue weighted by atomic mass is 79.9. The second-order valence-electron chi connectivity index (χ2n) is 9.51. The lowest BCUT2D eigenvalue weighted by Crippen LogP contribution is -2.52. The lowest BCUT2D eigenvalue weighted by molar-refractivity contribution is -0.141. The third-order valence-corrected chi connectivity index (χ3v) is 7.15. The summed E-state index contributed by atoms with van der Waals surface area (Å²) in [4.78, 5) is 29.3. The third kappa shape index (κ3) is 7.28. The first-order valence-electron chi connectivity index (χ1n) is 12.4. The van der Waals surface area contributed by atoms with Crippen LogP contribution in [0.3, 0.4) is 0 Å². The SMILES string of the molecule is Cc1cccc(CC(=O)N(Cc2cccc(Br)c2)C(Cc2ccccc2)C(=O)NC2CCCC2)c1. The number of halogens is 1. The zero-order valence-corrected chi connectivity index (χ0v) is 21.8. The number of nitrogens with zero attached hydrogens (tertiary/aromatic N) is 1. The van der Waals surface area contributed by atoms with E-state index in [1.165, 1.54) is 0 Å². The molecule has 1 fully saturated rings. The van der Waals surface area contributed by atoms with Gasteiger partial charge in [-0.25, -0.2) is 0 Å². The Balaban J connectivity index is 1.66. The van der Waals surface area contributed by atoms with Crippen LogP contribution in [0, 0.1) is 6.92 Å². The van der Waals surface area contributed by atoms with Gasteiger partial charge in [-0.3, -0.25) is 9.59 Å². The first-order chi connectivity index (χ1) is 17.0. The lowest BCUT2D eigenvalue weighted by Gasteiger charge is -2.32. The van der Waals surface area contributed by atoms with Gasteiger partial charge in [0, 0.05) is 23.5 Å². The summed E-state index contributed by atoms with van der Waals surface area (Å²) in [6, 6.07) is 25.6. The van der Waals surface area contributed by atoms with Crippen LogP contribution in [0.2, 0.25) is 0 Å². The average Bonchev–Trinajstić information content (AvgIpc) is 3.35. The van der Waals surface area contributed by atoms with Crippen LogP contribution in [0.4, 0.5) is 0 Å². The number of hydrogen-bond donors (Lipinski definition) is 1. The number of nitrogens with one attached hydrogen (secondary N) is 1. The van der Waals surface area contributed by atoms with Crippen LogP contribution < -0.4 is 5.32 Å². The zero-order chi connectivity index (χ0) is 24.6. The number of carbonyl (C=O) groups is 2. The van der Waals surface area contributed by atoms with E-state index in [1.807, 2.05) is 85.8 Å². The Morgan fingerprint density at radius 3 is 2.31 bits per heavy atom. The molecule has 0 aromatic heterocycles. The number of benzene rings is 3. The lowest BCUT2D eigenvalue weighted by atomic mass is 10.0. The maximum Gasteiger partial charge on any atom is 0.243 e. The van der Waals surface area contributed by atoms with Gasteiger partial charge >= 0.3 is 0 Å². The fourth-order valence-electron chi connectivity index (χ4n) is 4.85. The van der Waals surface area contributed by atoms with Gasteiger partial charge in [0.2, 0.25) is 11.8 Å². The van der Waals surface area contributed by atoms with Crippen LogP contribution in [0.5, 0.6) is 0 Å². The Bertz CT molecular complexity index is 1140. The molecule has 1 aliphatic rings. The van der Waals surface area contributed by atoms with Gasteiger partial charge in [0.25, 0.3) is 0 Å². The van der Waals surface area contributed by atoms with Crippen molar-refractivity contribution >= 4 is 27.7 Å². The maximum atomic E-state index is 13.8. The Hall–Kier alpha value is -2.92. The number of carbonyl (C=O) groups excluding carboxylic acids is 2. The number of rotatable bonds is 9. The average molecular weight is 534 g/mol. The molecule has 0 saturated heterocycles. The molecule has 0 heterocycles. The minimum absolute atomic E-state index is 0.0434. The van der Waals surface area contributed by atoms with Crippen LogP contribution >= 0.6 is 15.9 Å². The quantitative estimate of drug-likeness (QED) is 0.367. The summed E-state index contributed by atoms with van der Waals surface area (Å²) >= 11 is 3.55. The molecule has 1 saturated carbocycles. The number of amides is 2. The predicted octanol–water partition coefficient (Wildman–Crippen LogP) is 6.00. The van der Waals surface area contributed by atoms with Gasteiger partial charge in [-0.2, -0.15) is 0 Å². The second-order valence-corrected chi connectivity index (χ2v) is 10.4. The van der Waals surface area contributed by atoms with Gasteiger partial charge in [0.05, 0.1) is 6.42 Å². The van der Waals surface area contributed by atoms with Crippen molar-refractivity contribution in [2.75, 3.05) is 0 Å². The minimum atomic E-state index is -0.589. The van der Waals surface area contributed by atoms with E-state index in [0.29, 0.717) is 13.0 Å². The molecule has 1 N–H and O–H groups in total. The molecule has 3 aromatic carbocycles. The Morgan fingerprint density at radius 2 is 1.60 bits per heavy atom. The molecule has 0 radical (unpaired) electrons. The van der Waals surface area contributed by atoms with Crippen LogP contribution in [-0.2, 0) is 29.0 Å². The largest absolute Gasteiger partial charge is 0.352 e. The maximum absolute atomic E-state index is 13.8. The molecule has 0 bridgehead atoms. The van der Waals surface area contributed by atoms with Crippen molar-refractivity contribution in [3.63, 3.8) is 0 Å². The summed E-state index contributed by atoms with van der Waals surface area (Å²) in [5, 5.41) is 3.26. The molecule has 0 spiro atoms. The summed E-state index contributed by atoms with van der Waals surface area (Å²) in [5.41, 5.74) is 4.11. The summed E-state index contributed by atoms with van der Waals surface area (Å²) in [5.74, 6) is -0.105. The zero-order valence-electron chi connectivity index (χ0n) is 20.3. The summed E-state index contributed by atoms with van der Waals surface area (Å²) < 4.78 is 0.955. The van der Waals surface area contributed by atoms with E-state index in [-0.39, 0.29) is 24.3 Å². The fourth-order valence-corrected chi connectivity index (χ4v) is 5.30. The van der Waals surface area contributed by atoms with Gasteiger partial charge in [-0.1, -0.05) is 101 Å². The molecule has 5 heteroatoms. The highest BCUT2D eigenvalue weighted by molar-refractivity contribution is 9.10. The molecule has 1 aliphatic carbocycles. The summed E-state index contributed by atoms with van der Waals surface area (Å²) in [7, 11) is 0. The van der Waals surface area contributed by atoms with Crippen molar-refractivity contribution in [1.29, 1.82) is 0 Å². The minimum Gasteiger partial charge on any atom is -0.352 e. The van der Waals surface area contributed by atoms with Gasteiger partial charge in [-0.15, -0.1) is 0 Å². The summed E-state index contributed by atoms with van der Waals surface area (Å²) in [6.07, 6.45) is 5.04.